The summed E-state index contributed by atoms with van der Waals surface area (Å²) in [5.74, 6) is 0. The molecule has 1 aliphatic heterocycles. The van der Waals surface area contributed by atoms with Gasteiger partial charge in [-0.25, -0.2) is 5.01 Å². The topological polar surface area (TPSA) is 91.8 Å². The normalized spacial score (nSPS) is 14.7. The molecule has 0 amide bonds. The van der Waals surface area contributed by atoms with Crippen LogP contribution in [-0.4, -0.2) is 27.2 Å². The van der Waals surface area contributed by atoms with Gasteiger partial charge in [-0.15, -0.1) is 0 Å². The first-order valence-corrected chi connectivity index (χ1v) is 6.91. The van der Waals surface area contributed by atoms with E-state index in [-0.39, 0.29) is 10.6 Å². The van der Waals surface area contributed by atoms with Crippen LogP contribution in [0, 0.1) is 10.1 Å². The van der Waals surface area contributed by atoms with Crippen LogP contribution in [0.5, 0.6) is 0 Å². The fourth-order valence-corrected chi connectivity index (χ4v) is 2.64. The second-order valence-electron chi connectivity index (χ2n) is 6.08. The third-order valence-electron chi connectivity index (χ3n) is 3.47. The number of fused-ring (bicyclic) bond motifs is 1. The van der Waals surface area contributed by atoms with Gasteiger partial charge in [-0.05, 0) is 31.5 Å². The van der Waals surface area contributed by atoms with Gasteiger partial charge in [0.25, 0.3) is 5.69 Å². The van der Waals surface area contributed by atoms with Crippen molar-refractivity contribution >= 4 is 11.4 Å². The first-order valence-electron chi connectivity index (χ1n) is 6.91. The lowest BCUT2D eigenvalue weighted by molar-refractivity contribution is -0.384. The average molecular weight is 303 g/mol. The van der Waals surface area contributed by atoms with E-state index < -0.39 is 5.60 Å². The van der Waals surface area contributed by atoms with Crippen molar-refractivity contribution in [2.75, 3.05) is 12.0 Å². The Balaban J connectivity index is 1.97. The molecule has 0 atom stereocenters. The van der Waals surface area contributed by atoms with Crippen molar-refractivity contribution in [2.24, 2.45) is 0 Å². The Labute approximate surface area is 127 Å². The number of benzene rings is 1. The third kappa shape index (κ3) is 2.81. The Hall–Kier alpha value is -2.38. The smallest absolute Gasteiger partial charge is 0.277 e. The van der Waals surface area contributed by atoms with Gasteiger partial charge in [0, 0.05) is 24.7 Å². The van der Waals surface area contributed by atoms with Gasteiger partial charge in [0.2, 0.25) is 0 Å². The molecule has 0 unspecified atom stereocenters. The van der Waals surface area contributed by atoms with E-state index in [1.165, 1.54) is 12.5 Å². The van der Waals surface area contributed by atoms with Crippen molar-refractivity contribution in [3.05, 3.63) is 46.4 Å². The Morgan fingerprint density at radius 3 is 2.86 bits per heavy atom. The molecule has 3 rings (SSSR count). The minimum atomic E-state index is -0.853. The van der Waals surface area contributed by atoms with Crippen LogP contribution in [0.3, 0.4) is 0 Å². The zero-order valence-corrected chi connectivity index (χ0v) is 12.4. The van der Waals surface area contributed by atoms with Crippen LogP contribution in [-0.2, 0) is 6.54 Å². The molecule has 2 aromatic rings. The highest BCUT2D eigenvalue weighted by molar-refractivity contribution is 5.79. The molecule has 0 aliphatic carbocycles. The SMILES string of the molecule is CC(C)(O)CN1Cc2cc([N+](=O)[O-])c(-c3ccoc3)cc2N1. The largest absolute Gasteiger partial charge is 0.472 e. The van der Waals surface area contributed by atoms with Crippen molar-refractivity contribution in [1.82, 2.24) is 5.01 Å². The van der Waals surface area contributed by atoms with Crippen molar-refractivity contribution in [2.45, 2.75) is 26.0 Å². The summed E-state index contributed by atoms with van der Waals surface area (Å²) in [5.41, 5.74) is 5.20. The summed E-state index contributed by atoms with van der Waals surface area (Å²) >= 11 is 0. The van der Waals surface area contributed by atoms with E-state index in [0.29, 0.717) is 24.2 Å². The molecule has 22 heavy (non-hydrogen) atoms. The molecule has 2 N–H and O–H groups in total. The quantitative estimate of drug-likeness (QED) is 0.666. The number of nitro groups is 1. The van der Waals surface area contributed by atoms with Crippen molar-refractivity contribution in [3.63, 3.8) is 0 Å². The second-order valence-corrected chi connectivity index (χ2v) is 6.08. The second kappa shape index (κ2) is 5.11. The molecule has 116 valence electrons. The third-order valence-corrected chi connectivity index (χ3v) is 3.47. The van der Waals surface area contributed by atoms with E-state index in [0.717, 1.165) is 11.3 Å². The summed E-state index contributed by atoms with van der Waals surface area (Å²) in [7, 11) is 0. The van der Waals surface area contributed by atoms with Gasteiger partial charge in [0.15, 0.2) is 0 Å². The number of nitrogens with one attached hydrogen (secondary N) is 1. The number of nitrogens with zero attached hydrogens (tertiary/aromatic N) is 2. The van der Waals surface area contributed by atoms with Crippen molar-refractivity contribution in [3.8, 4) is 11.1 Å². The van der Waals surface area contributed by atoms with Gasteiger partial charge < -0.3 is 14.9 Å². The van der Waals surface area contributed by atoms with Crippen LogP contribution in [0.4, 0.5) is 11.4 Å². The molecule has 1 aromatic heterocycles. The average Bonchev–Trinajstić information content (AvgIpc) is 3.02. The van der Waals surface area contributed by atoms with Crippen LogP contribution in [0.1, 0.15) is 19.4 Å². The molecule has 1 aliphatic rings. The minimum Gasteiger partial charge on any atom is -0.472 e. The van der Waals surface area contributed by atoms with Crippen molar-refractivity contribution < 1.29 is 14.4 Å². The number of aliphatic hydroxyl groups is 1. The summed E-state index contributed by atoms with van der Waals surface area (Å²) in [6.07, 6.45) is 2.97. The number of β-amino-alcohol motifs (C(OH)–C–C–N with tert-alkyl or cyclic N) is 1. The highest BCUT2D eigenvalue weighted by Gasteiger charge is 2.28. The van der Waals surface area contributed by atoms with E-state index >= 15 is 0 Å². The summed E-state index contributed by atoms with van der Waals surface area (Å²) < 4.78 is 5.02. The number of hydrogen-bond acceptors (Lipinski definition) is 6. The van der Waals surface area contributed by atoms with Gasteiger partial charge >= 0.3 is 0 Å². The molecule has 2 heterocycles. The summed E-state index contributed by atoms with van der Waals surface area (Å²) in [6, 6.07) is 5.02. The Morgan fingerprint density at radius 1 is 1.50 bits per heavy atom. The maximum atomic E-state index is 11.3. The lowest BCUT2D eigenvalue weighted by atomic mass is 10.0. The summed E-state index contributed by atoms with van der Waals surface area (Å²) in [5, 5.41) is 23.1. The minimum absolute atomic E-state index is 0.0482. The first kappa shape index (κ1) is 14.6. The number of hydrogen-bond donors (Lipinski definition) is 2. The first-order chi connectivity index (χ1) is 10.3. The number of anilines is 1. The van der Waals surface area contributed by atoms with E-state index in [1.54, 1.807) is 32.0 Å². The van der Waals surface area contributed by atoms with Crippen molar-refractivity contribution in [1.29, 1.82) is 0 Å². The Kier molecular flexibility index (Phi) is 3.38. The molecule has 0 saturated carbocycles. The standard InChI is InChI=1S/C15H17N3O4/c1-15(2,19)9-17-7-11-5-14(18(20)21)12(6-13(11)16-17)10-3-4-22-8-10/h3-6,8,16,19H,7,9H2,1-2H3. The van der Waals surface area contributed by atoms with Crippen LogP contribution in [0.25, 0.3) is 11.1 Å². The molecular formula is C15H17N3O4. The maximum absolute atomic E-state index is 11.3. The fourth-order valence-electron chi connectivity index (χ4n) is 2.64. The zero-order valence-electron chi connectivity index (χ0n) is 12.4. The predicted molar refractivity (Wildman–Crippen MR) is 81.1 cm³/mol. The van der Waals surface area contributed by atoms with Crippen LogP contribution in [0.15, 0.2) is 35.1 Å². The van der Waals surface area contributed by atoms with E-state index in [4.69, 9.17) is 4.42 Å². The number of rotatable bonds is 4. The van der Waals surface area contributed by atoms with Crippen LogP contribution in [0.2, 0.25) is 0 Å². The van der Waals surface area contributed by atoms with Crippen LogP contribution >= 0.6 is 0 Å². The van der Waals surface area contributed by atoms with Gasteiger partial charge in [-0.3, -0.25) is 10.1 Å². The molecule has 0 radical (unpaired) electrons. The molecule has 1 aromatic carbocycles. The summed E-state index contributed by atoms with van der Waals surface area (Å²) in [6.45, 7) is 4.36. The monoisotopic (exact) mass is 303 g/mol. The molecule has 7 nitrogen and oxygen atoms in total. The van der Waals surface area contributed by atoms with Gasteiger partial charge in [-0.2, -0.15) is 0 Å². The Morgan fingerprint density at radius 2 is 2.27 bits per heavy atom. The van der Waals surface area contributed by atoms with E-state index in [9.17, 15) is 15.2 Å². The molecular weight excluding hydrogens is 286 g/mol. The molecule has 7 heteroatoms. The molecule has 0 saturated heterocycles. The molecule has 0 fully saturated rings. The van der Waals surface area contributed by atoms with Gasteiger partial charge in [0.1, 0.15) is 0 Å². The number of nitro benzene ring substituents is 1. The maximum Gasteiger partial charge on any atom is 0.277 e. The summed E-state index contributed by atoms with van der Waals surface area (Å²) in [4.78, 5) is 10.9. The fraction of sp³-hybridized carbons (Fsp3) is 0.333. The van der Waals surface area contributed by atoms with E-state index in [2.05, 4.69) is 5.43 Å². The van der Waals surface area contributed by atoms with Gasteiger partial charge in [-0.1, -0.05) is 0 Å². The van der Waals surface area contributed by atoms with Gasteiger partial charge in [0.05, 0.1) is 34.3 Å². The lowest BCUT2D eigenvalue weighted by Gasteiger charge is -2.24. The lowest BCUT2D eigenvalue weighted by Crippen LogP contribution is -2.38. The zero-order chi connectivity index (χ0) is 15.9. The van der Waals surface area contributed by atoms with Crippen LogP contribution < -0.4 is 5.43 Å². The predicted octanol–water partition coefficient (Wildman–Crippen LogP) is 2.77. The Bertz CT molecular complexity index is 704. The molecule has 0 spiro atoms. The number of hydrazine groups is 1. The van der Waals surface area contributed by atoms with E-state index in [1.807, 2.05) is 5.01 Å². The highest BCUT2D eigenvalue weighted by atomic mass is 16.6. The number of furan rings is 1. The highest BCUT2D eigenvalue weighted by Crippen LogP contribution is 2.38. The molecule has 0 bridgehead atoms.